The molecule has 2 N–H and O–H groups in total. The number of hydrogen-bond donors (Lipinski definition) is 1. The third kappa shape index (κ3) is 4.84. The van der Waals surface area contributed by atoms with Crippen LogP contribution in [0.3, 0.4) is 0 Å². The Morgan fingerprint density at radius 3 is 2.70 bits per heavy atom. The van der Waals surface area contributed by atoms with Crippen molar-refractivity contribution in [3.8, 4) is 0 Å². The van der Waals surface area contributed by atoms with Crippen LogP contribution in [0.15, 0.2) is 10.5 Å². The van der Waals surface area contributed by atoms with Gasteiger partial charge in [-0.1, -0.05) is 5.16 Å². The highest BCUT2D eigenvalue weighted by molar-refractivity contribution is 7.13. The Kier molecular flexibility index (Phi) is 5.91. The van der Waals surface area contributed by atoms with E-state index in [4.69, 9.17) is 15.2 Å². The number of carbonyl (C=O) groups is 2. The van der Waals surface area contributed by atoms with E-state index in [0.29, 0.717) is 0 Å². The third-order valence-corrected chi connectivity index (χ3v) is 2.45. The highest BCUT2D eigenvalue weighted by Gasteiger charge is 2.20. The summed E-state index contributed by atoms with van der Waals surface area (Å²) >= 11 is 1.12. The van der Waals surface area contributed by atoms with Gasteiger partial charge < -0.3 is 15.2 Å². The fraction of sp³-hybridized carbons (Fsp3) is 0.455. The molecule has 1 heterocycles. The molecule has 0 saturated heterocycles. The van der Waals surface area contributed by atoms with E-state index in [-0.39, 0.29) is 29.2 Å². The van der Waals surface area contributed by atoms with Gasteiger partial charge in [0.25, 0.3) is 0 Å². The second kappa shape index (κ2) is 7.43. The van der Waals surface area contributed by atoms with E-state index in [0.717, 1.165) is 11.3 Å². The molecular weight excluding hydrogens is 286 g/mol. The van der Waals surface area contributed by atoms with E-state index in [9.17, 15) is 9.59 Å². The summed E-state index contributed by atoms with van der Waals surface area (Å²) in [4.78, 5) is 31.3. The van der Waals surface area contributed by atoms with E-state index < -0.39 is 12.1 Å². The van der Waals surface area contributed by atoms with Crippen LogP contribution in [0, 0.1) is 0 Å². The summed E-state index contributed by atoms with van der Waals surface area (Å²) in [5.74, 6) is -0.768. The second-order valence-electron chi connectivity index (χ2n) is 3.74. The molecule has 0 aliphatic heterocycles. The summed E-state index contributed by atoms with van der Waals surface area (Å²) in [6.07, 6.45) is -1.39. The van der Waals surface area contributed by atoms with Gasteiger partial charge in [-0.05, 0) is 20.8 Å². The third-order valence-electron chi connectivity index (χ3n) is 1.78. The number of nitrogens with zero attached hydrogens (tertiary/aromatic N) is 2. The maximum atomic E-state index is 11.7. The number of ether oxygens (including phenoxy) is 2. The smallest absolute Gasteiger partial charge is 0.461 e. The minimum atomic E-state index is -1.02. The maximum Gasteiger partial charge on any atom is 0.535 e. The summed E-state index contributed by atoms with van der Waals surface area (Å²) < 4.78 is 9.52. The molecule has 0 aliphatic carbocycles. The number of aromatic nitrogens is 1. The summed E-state index contributed by atoms with van der Waals surface area (Å²) in [7, 11) is 0. The molecule has 110 valence electrons. The lowest BCUT2D eigenvalue weighted by molar-refractivity contribution is -0.135. The molecule has 1 aromatic heterocycles. The Morgan fingerprint density at radius 1 is 1.50 bits per heavy atom. The number of nitrogen functional groups attached to an aromatic ring is 1. The van der Waals surface area contributed by atoms with Gasteiger partial charge >= 0.3 is 12.1 Å². The number of oxime groups is 1. The summed E-state index contributed by atoms with van der Waals surface area (Å²) in [6.45, 7) is 5.09. The molecule has 0 radical (unpaired) electrons. The van der Waals surface area contributed by atoms with Crippen molar-refractivity contribution in [1.29, 1.82) is 0 Å². The number of hydrogen-bond acceptors (Lipinski definition) is 9. The fourth-order valence-electron chi connectivity index (χ4n) is 1.08. The van der Waals surface area contributed by atoms with Crippen LogP contribution in [0.4, 0.5) is 9.93 Å². The molecule has 0 amide bonds. The standard InChI is InChI=1S/C11H15N3O5S/c1-4-17-9(15)8(7-5-20-10(12)13-7)14-19-11(16)18-6(2)3/h5-6H,4H2,1-3H3,(H2,12,13)/b14-8-. The zero-order valence-electron chi connectivity index (χ0n) is 11.3. The van der Waals surface area contributed by atoms with Crippen molar-refractivity contribution in [2.45, 2.75) is 26.9 Å². The Bertz CT molecular complexity index is 512. The molecule has 0 fully saturated rings. The van der Waals surface area contributed by atoms with Crippen molar-refractivity contribution in [2.75, 3.05) is 12.3 Å². The van der Waals surface area contributed by atoms with Crippen LogP contribution in [0.2, 0.25) is 0 Å². The average Bonchev–Trinajstić information content (AvgIpc) is 2.75. The number of esters is 1. The van der Waals surface area contributed by atoms with Crippen LogP contribution >= 0.6 is 11.3 Å². The number of carbonyl (C=O) groups excluding carboxylic acids is 2. The Labute approximate surface area is 119 Å². The molecule has 0 spiro atoms. The lowest BCUT2D eigenvalue weighted by Crippen LogP contribution is -2.21. The number of anilines is 1. The van der Waals surface area contributed by atoms with E-state index in [1.807, 2.05) is 0 Å². The molecule has 0 aromatic carbocycles. The number of nitrogens with two attached hydrogens (primary N) is 1. The van der Waals surface area contributed by atoms with Crippen molar-refractivity contribution in [2.24, 2.45) is 5.16 Å². The Balaban J connectivity index is 2.87. The first-order valence-corrected chi connectivity index (χ1v) is 6.66. The summed E-state index contributed by atoms with van der Waals surface area (Å²) in [5.41, 5.74) is 5.40. The zero-order valence-corrected chi connectivity index (χ0v) is 12.1. The zero-order chi connectivity index (χ0) is 15.1. The maximum absolute atomic E-state index is 11.7. The van der Waals surface area contributed by atoms with Crippen LogP contribution in [0.25, 0.3) is 0 Å². The SMILES string of the molecule is CCOC(=O)/C(=N\OC(=O)OC(C)C)c1csc(N)n1. The van der Waals surface area contributed by atoms with Gasteiger partial charge in [-0.25, -0.2) is 14.6 Å². The largest absolute Gasteiger partial charge is 0.535 e. The molecule has 8 nitrogen and oxygen atoms in total. The van der Waals surface area contributed by atoms with E-state index in [1.165, 1.54) is 5.38 Å². The molecule has 0 bridgehead atoms. The molecule has 20 heavy (non-hydrogen) atoms. The lowest BCUT2D eigenvalue weighted by atomic mass is 10.3. The Hall–Kier alpha value is -2.16. The van der Waals surface area contributed by atoms with E-state index in [2.05, 4.69) is 15.0 Å². The monoisotopic (exact) mass is 301 g/mol. The minimum Gasteiger partial charge on any atom is -0.461 e. The van der Waals surface area contributed by atoms with Gasteiger partial charge in [0.05, 0.1) is 12.7 Å². The van der Waals surface area contributed by atoms with Crippen LogP contribution < -0.4 is 5.73 Å². The van der Waals surface area contributed by atoms with Gasteiger partial charge in [0, 0.05) is 5.38 Å². The van der Waals surface area contributed by atoms with E-state index in [1.54, 1.807) is 20.8 Å². The van der Waals surface area contributed by atoms with Gasteiger partial charge in [0.15, 0.2) is 5.13 Å². The van der Waals surface area contributed by atoms with Crippen molar-refractivity contribution in [3.63, 3.8) is 0 Å². The van der Waals surface area contributed by atoms with Crippen molar-refractivity contribution in [3.05, 3.63) is 11.1 Å². The van der Waals surface area contributed by atoms with Crippen LogP contribution in [0.5, 0.6) is 0 Å². The highest BCUT2D eigenvalue weighted by Crippen LogP contribution is 2.13. The van der Waals surface area contributed by atoms with Crippen LogP contribution in [0.1, 0.15) is 26.5 Å². The Morgan fingerprint density at radius 2 is 2.20 bits per heavy atom. The quantitative estimate of drug-likeness (QED) is 0.380. The topological polar surface area (TPSA) is 113 Å². The van der Waals surface area contributed by atoms with Crippen molar-refractivity contribution in [1.82, 2.24) is 4.98 Å². The summed E-state index contributed by atoms with van der Waals surface area (Å²) in [5, 5.41) is 5.19. The van der Waals surface area contributed by atoms with E-state index >= 15 is 0 Å². The first kappa shape index (κ1) is 15.9. The lowest BCUT2D eigenvalue weighted by Gasteiger charge is -2.06. The van der Waals surface area contributed by atoms with Crippen molar-refractivity contribution >= 4 is 34.3 Å². The fourth-order valence-corrected chi connectivity index (χ4v) is 1.63. The predicted octanol–water partition coefficient (Wildman–Crippen LogP) is 1.55. The molecule has 0 saturated carbocycles. The van der Waals surface area contributed by atoms with Crippen LogP contribution in [-0.2, 0) is 19.1 Å². The molecule has 0 atom stereocenters. The molecule has 0 aliphatic rings. The molecule has 9 heteroatoms. The number of rotatable bonds is 5. The predicted molar refractivity (Wildman–Crippen MR) is 72.4 cm³/mol. The van der Waals surface area contributed by atoms with Gasteiger partial charge in [-0.2, -0.15) is 0 Å². The molecule has 0 unspecified atom stereocenters. The first-order chi connectivity index (χ1) is 9.43. The van der Waals surface area contributed by atoms with Gasteiger partial charge in [-0.3, -0.25) is 4.84 Å². The summed E-state index contributed by atoms with van der Waals surface area (Å²) in [6, 6.07) is 0. The minimum absolute atomic E-state index is 0.147. The van der Waals surface area contributed by atoms with Gasteiger partial charge in [0.1, 0.15) is 5.69 Å². The molecule has 1 rings (SSSR count). The normalized spacial score (nSPS) is 11.3. The highest BCUT2D eigenvalue weighted by atomic mass is 32.1. The average molecular weight is 301 g/mol. The first-order valence-electron chi connectivity index (χ1n) is 5.78. The second-order valence-corrected chi connectivity index (χ2v) is 4.63. The van der Waals surface area contributed by atoms with Gasteiger partial charge in [-0.15, -0.1) is 11.3 Å². The molecular formula is C11H15N3O5S. The van der Waals surface area contributed by atoms with Crippen LogP contribution in [-0.4, -0.2) is 35.5 Å². The van der Waals surface area contributed by atoms with Crippen molar-refractivity contribution < 1.29 is 23.9 Å². The van der Waals surface area contributed by atoms with Gasteiger partial charge in [0.2, 0.25) is 5.71 Å². The molecule has 1 aromatic rings. The number of thiazole rings is 1.